The highest BCUT2D eigenvalue weighted by Gasteiger charge is 2.45. The van der Waals surface area contributed by atoms with Crippen molar-refractivity contribution >= 4 is 12.1 Å². The molecule has 0 unspecified atom stereocenters. The number of ether oxygens (including phenoxy) is 1. The number of carbonyl (C=O) groups is 2. The fourth-order valence-corrected chi connectivity index (χ4v) is 2.23. The van der Waals surface area contributed by atoms with Gasteiger partial charge in [0.15, 0.2) is 0 Å². The number of piperidine rings is 1. The summed E-state index contributed by atoms with van der Waals surface area (Å²) >= 11 is 0. The summed E-state index contributed by atoms with van der Waals surface area (Å²) in [5.74, 6) is -1.24. The largest absolute Gasteiger partial charge is 0.481 e. The zero-order valence-electron chi connectivity index (χ0n) is 12.0. The minimum atomic E-state index is -2.71. The summed E-state index contributed by atoms with van der Waals surface area (Å²) in [7, 11) is 0. The van der Waals surface area contributed by atoms with Gasteiger partial charge in [0.25, 0.3) is 0 Å². The van der Waals surface area contributed by atoms with E-state index in [0.29, 0.717) is 0 Å². The molecule has 0 saturated carbocycles. The van der Waals surface area contributed by atoms with Crippen molar-refractivity contribution < 1.29 is 28.2 Å². The molecule has 0 aromatic heterocycles. The number of carbonyl (C=O) groups excluding carboxylic acids is 1. The van der Waals surface area contributed by atoms with Crippen molar-refractivity contribution in [2.45, 2.75) is 52.1 Å². The molecule has 0 atom stereocenters. The second kappa shape index (κ2) is 5.93. The molecule has 0 aromatic rings. The van der Waals surface area contributed by atoms with Gasteiger partial charge in [0.2, 0.25) is 6.43 Å². The van der Waals surface area contributed by atoms with Crippen LogP contribution in [-0.4, -0.2) is 47.2 Å². The molecule has 1 fully saturated rings. The third kappa shape index (κ3) is 4.31. The van der Waals surface area contributed by atoms with Crippen LogP contribution in [0.1, 0.15) is 40.0 Å². The summed E-state index contributed by atoms with van der Waals surface area (Å²) in [4.78, 5) is 23.9. The van der Waals surface area contributed by atoms with E-state index in [2.05, 4.69) is 0 Å². The lowest BCUT2D eigenvalue weighted by Crippen LogP contribution is -2.48. The molecule has 1 amide bonds. The van der Waals surface area contributed by atoms with E-state index in [1.165, 1.54) is 4.90 Å². The molecule has 20 heavy (non-hydrogen) atoms. The molecule has 1 aliphatic heterocycles. The van der Waals surface area contributed by atoms with E-state index in [0.717, 1.165) is 0 Å². The lowest BCUT2D eigenvalue weighted by molar-refractivity contribution is -0.145. The van der Waals surface area contributed by atoms with Crippen LogP contribution in [0.25, 0.3) is 0 Å². The summed E-state index contributed by atoms with van der Waals surface area (Å²) in [6.07, 6.45) is -3.89. The topological polar surface area (TPSA) is 66.8 Å². The molecule has 0 aliphatic carbocycles. The van der Waals surface area contributed by atoms with Gasteiger partial charge in [-0.1, -0.05) is 0 Å². The van der Waals surface area contributed by atoms with Gasteiger partial charge in [-0.2, -0.15) is 0 Å². The van der Waals surface area contributed by atoms with Gasteiger partial charge in [0.05, 0.1) is 6.42 Å². The number of carboxylic acids is 1. The van der Waals surface area contributed by atoms with E-state index < -0.39 is 35.9 Å². The number of aliphatic carboxylic acids is 1. The minimum Gasteiger partial charge on any atom is -0.481 e. The average molecular weight is 293 g/mol. The zero-order valence-corrected chi connectivity index (χ0v) is 12.0. The van der Waals surface area contributed by atoms with E-state index in [1.807, 2.05) is 0 Å². The maximum atomic E-state index is 13.1. The highest BCUT2D eigenvalue weighted by molar-refractivity contribution is 5.69. The second-order valence-corrected chi connectivity index (χ2v) is 6.20. The monoisotopic (exact) mass is 293 g/mol. The maximum Gasteiger partial charge on any atom is 0.410 e. The van der Waals surface area contributed by atoms with Gasteiger partial charge >= 0.3 is 12.1 Å². The van der Waals surface area contributed by atoms with Crippen molar-refractivity contribution in [1.82, 2.24) is 4.90 Å². The van der Waals surface area contributed by atoms with Crippen molar-refractivity contribution in [2.75, 3.05) is 13.1 Å². The fourth-order valence-electron chi connectivity index (χ4n) is 2.23. The number of nitrogens with zero attached hydrogens (tertiary/aromatic N) is 1. The van der Waals surface area contributed by atoms with Crippen LogP contribution in [0.3, 0.4) is 0 Å². The number of hydrogen-bond donors (Lipinski definition) is 1. The molecule has 0 bridgehead atoms. The molecule has 0 aromatic carbocycles. The fraction of sp³-hybridized carbons (Fsp3) is 0.846. The van der Waals surface area contributed by atoms with Crippen molar-refractivity contribution in [1.29, 1.82) is 0 Å². The second-order valence-electron chi connectivity index (χ2n) is 6.20. The molecule has 1 saturated heterocycles. The molecule has 5 nitrogen and oxygen atoms in total. The minimum absolute atomic E-state index is 0.0315. The standard InChI is InChI=1S/C13H21F2NO4/c1-12(2,3)20-11(19)16-6-4-13(5-7-16,10(14)15)8-9(17)18/h10H,4-8H2,1-3H3,(H,17,18). The number of hydrogen-bond acceptors (Lipinski definition) is 3. The van der Waals surface area contributed by atoms with E-state index in [4.69, 9.17) is 9.84 Å². The lowest BCUT2D eigenvalue weighted by atomic mass is 9.76. The van der Waals surface area contributed by atoms with Crippen LogP contribution < -0.4 is 0 Å². The predicted molar refractivity (Wildman–Crippen MR) is 67.7 cm³/mol. The Morgan fingerprint density at radius 3 is 2.15 bits per heavy atom. The van der Waals surface area contributed by atoms with Crippen molar-refractivity contribution in [3.8, 4) is 0 Å². The lowest BCUT2D eigenvalue weighted by Gasteiger charge is -2.40. The third-order valence-electron chi connectivity index (χ3n) is 3.38. The van der Waals surface area contributed by atoms with Crippen LogP contribution in [0, 0.1) is 5.41 Å². The first-order valence-corrected chi connectivity index (χ1v) is 6.54. The number of likely N-dealkylation sites (tertiary alicyclic amines) is 1. The molecule has 1 aliphatic rings. The van der Waals surface area contributed by atoms with Gasteiger partial charge in [0, 0.05) is 18.5 Å². The SMILES string of the molecule is CC(C)(C)OC(=O)N1CCC(CC(=O)O)(C(F)F)CC1. The summed E-state index contributed by atoms with van der Waals surface area (Å²) < 4.78 is 31.4. The molecular weight excluding hydrogens is 272 g/mol. The molecule has 116 valence electrons. The quantitative estimate of drug-likeness (QED) is 0.869. The predicted octanol–water partition coefficient (Wildman–Crippen LogP) is 2.74. The number of carboxylic acid groups (broad SMARTS) is 1. The smallest absolute Gasteiger partial charge is 0.410 e. The molecule has 7 heteroatoms. The molecule has 1 heterocycles. The summed E-state index contributed by atoms with van der Waals surface area (Å²) in [5, 5.41) is 8.77. The normalized spacial score (nSPS) is 19.0. The summed E-state index contributed by atoms with van der Waals surface area (Å²) in [6, 6.07) is 0. The van der Waals surface area contributed by atoms with E-state index >= 15 is 0 Å². The zero-order chi connectivity index (χ0) is 15.6. The number of alkyl halides is 2. The Morgan fingerprint density at radius 1 is 1.30 bits per heavy atom. The van der Waals surface area contributed by atoms with Crippen LogP contribution >= 0.6 is 0 Å². The van der Waals surface area contributed by atoms with E-state index in [9.17, 15) is 18.4 Å². The first kappa shape index (κ1) is 16.7. The molecule has 1 rings (SSSR count). The van der Waals surface area contributed by atoms with Gasteiger partial charge in [-0.3, -0.25) is 4.79 Å². The van der Waals surface area contributed by atoms with Crippen molar-refractivity contribution in [2.24, 2.45) is 5.41 Å². The molecular formula is C13H21F2NO4. The van der Waals surface area contributed by atoms with Crippen molar-refractivity contribution in [3.05, 3.63) is 0 Å². The van der Waals surface area contributed by atoms with Crippen LogP contribution in [0.15, 0.2) is 0 Å². The van der Waals surface area contributed by atoms with Crippen LogP contribution in [-0.2, 0) is 9.53 Å². The average Bonchev–Trinajstić information content (AvgIpc) is 2.26. The van der Waals surface area contributed by atoms with E-state index in [-0.39, 0.29) is 25.9 Å². The van der Waals surface area contributed by atoms with Gasteiger partial charge in [-0.25, -0.2) is 13.6 Å². The van der Waals surface area contributed by atoms with Gasteiger partial charge in [-0.05, 0) is 33.6 Å². The Hall–Kier alpha value is -1.40. The maximum absolute atomic E-state index is 13.1. The number of amides is 1. The van der Waals surface area contributed by atoms with E-state index in [1.54, 1.807) is 20.8 Å². The first-order chi connectivity index (χ1) is 9.06. The molecule has 1 N–H and O–H groups in total. The van der Waals surface area contributed by atoms with Gasteiger partial charge < -0.3 is 14.7 Å². The van der Waals surface area contributed by atoms with Crippen LogP contribution in [0.2, 0.25) is 0 Å². The highest BCUT2D eigenvalue weighted by atomic mass is 19.3. The summed E-state index contributed by atoms with van der Waals surface area (Å²) in [6.45, 7) is 5.35. The van der Waals surface area contributed by atoms with Crippen LogP contribution in [0.4, 0.5) is 13.6 Å². The molecule has 0 spiro atoms. The Bertz CT molecular complexity index is 371. The van der Waals surface area contributed by atoms with Gasteiger partial charge in [-0.15, -0.1) is 0 Å². The first-order valence-electron chi connectivity index (χ1n) is 6.54. The Kier molecular flexibility index (Phi) is 4.94. The Morgan fingerprint density at radius 2 is 1.80 bits per heavy atom. The summed E-state index contributed by atoms with van der Waals surface area (Å²) in [5.41, 5.74) is -2.18. The Balaban J connectivity index is 2.65. The Labute approximate surface area is 116 Å². The number of rotatable bonds is 3. The molecule has 0 radical (unpaired) electrons. The van der Waals surface area contributed by atoms with Crippen molar-refractivity contribution in [3.63, 3.8) is 0 Å². The highest BCUT2D eigenvalue weighted by Crippen LogP contribution is 2.41. The number of halogens is 2. The third-order valence-corrected chi connectivity index (χ3v) is 3.38. The van der Waals surface area contributed by atoms with Gasteiger partial charge in [0.1, 0.15) is 5.60 Å². The van der Waals surface area contributed by atoms with Crippen LogP contribution in [0.5, 0.6) is 0 Å².